The minimum atomic E-state index is 0.00573. The van der Waals surface area contributed by atoms with E-state index in [9.17, 15) is 4.79 Å². The molecule has 104 valence electrons. The van der Waals surface area contributed by atoms with Crippen LogP contribution in [0.2, 0.25) is 0 Å². The number of hydrogen-bond donors (Lipinski definition) is 1. The molecule has 1 aromatic rings. The number of morpholine rings is 1. The van der Waals surface area contributed by atoms with Crippen LogP contribution >= 0.6 is 0 Å². The number of pyridine rings is 1. The van der Waals surface area contributed by atoms with Gasteiger partial charge < -0.3 is 19.7 Å². The maximum absolute atomic E-state index is 12.3. The predicted octanol–water partition coefficient (Wildman–Crippen LogP) is 0.612. The molecule has 1 N–H and O–H groups in total. The summed E-state index contributed by atoms with van der Waals surface area (Å²) in [6.07, 6.45) is 3.30. The lowest BCUT2D eigenvalue weighted by atomic mass is 10.2. The Kier molecular flexibility index (Phi) is 5.11. The molecule has 1 aromatic heterocycles. The highest BCUT2D eigenvalue weighted by atomic mass is 16.5. The Balaban J connectivity index is 1.98. The Labute approximate surface area is 112 Å². The molecule has 19 heavy (non-hydrogen) atoms. The molecule has 0 radical (unpaired) electrons. The zero-order valence-electron chi connectivity index (χ0n) is 11.1. The Hall–Kier alpha value is -1.66. The average molecular weight is 265 g/mol. The number of nitrogens with zero attached hydrogens (tertiary/aromatic N) is 2. The van der Waals surface area contributed by atoms with E-state index in [0.29, 0.717) is 45.0 Å². The summed E-state index contributed by atoms with van der Waals surface area (Å²) >= 11 is 0. The van der Waals surface area contributed by atoms with Crippen molar-refractivity contribution in [1.29, 1.82) is 0 Å². The highest BCUT2D eigenvalue weighted by molar-refractivity contribution is 5.94. The van der Waals surface area contributed by atoms with Gasteiger partial charge in [-0.25, -0.2) is 0 Å². The van der Waals surface area contributed by atoms with Crippen molar-refractivity contribution in [3.8, 4) is 0 Å². The minimum absolute atomic E-state index is 0.00573. The third-order valence-electron chi connectivity index (χ3n) is 2.92. The van der Waals surface area contributed by atoms with Crippen LogP contribution in [-0.2, 0) is 9.47 Å². The van der Waals surface area contributed by atoms with Gasteiger partial charge in [-0.2, -0.15) is 0 Å². The highest BCUT2D eigenvalue weighted by Crippen LogP contribution is 2.11. The molecular weight excluding hydrogens is 246 g/mol. The molecule has 0 unspecified atom stereocenters. The molecule has 0 spiro atoms. The van der Waals surface area contributed by atoms with Gasteiger partial charge in [-0.1, -0.05) is 0 Å². The number of carbonyl (C=O) groups excluding carboxylic acids is 1. The Morgan fingerprint density at radius 1 is 1.47 bits per heavy atom. The quantitative estimate of drug-likeness (QED) is 0.790. The lowest BCUT2D eigenvalue weighted by Gasteiger charge is -2.26. The van der Waals surface area contributed by atoms with Crippen molar-refractivity contribution in [2.24, 2.45) is 0 Å². The summed E-state index contributed by atoms with van der Waals surface area (Å²) in [5.74, 6) is 0.00573. The molecular formula is C13H19N3O3. The largest absolute Gasteiger partial charge is 0.383 e. The van der Waals surface area contributed by atoms with Crippen LogP contribution in [0.3, 0.4) is 0 Å². The number of rotatable bonds is 5. The van der Waals surface area contributed by atoms with Crippen LogP contribution < -0.4 is 5.32 Å². The van der Waals surface area contributed by atoms with Crippen LogP contribution in [0.15, 0.2) is 18.5 Å². The Morgan fingerprint density at radius 3 is 3.00 bits per heavy atom. The van der Waals surface area contributed by atoms with Gasteiger partial charge in [0.05, 0.1) is 31.1 Å². The zero-order valence-corrected chi connectivity index (χ0v) is 11.1. The van der Waals surface area contributed by atoms with Crippen molar-refractivity contribution >= 4 is 11.6 Å². The van der Waals surface area contributed by atoms with Gasteiger partial charge in [0.15, 0.2) is 0 Å². The fraction of sp³-hybridized carbons (Fsp3) is 0.538. The van der Waals surface area contributed by atoms with Crippen LogP contribution in [0.1, 0.15) is 10.4 Å². The van der Waals surface area contributed by atoms with E-state index in [-0.39, 0.29) is 5.91 Å². The van der Waals surface area contributed by atoms with Crippen LogP contribution in [-0.4, -0.2) is 62.4 Å². The van der Waals surface area contributed by atoms with E-state index in [4.69, 9.17) is 9.47 Å². The molecule has 1 saturated heterocycles. The first kappa shape index (κ1) is 13.8. The number of ether oxygens (including phenoxy) is 2. The number of nitrogens with one attached hydrogen (secondary N) is 1. The van der Waals surface area contributed by atoms with E-state index in [2.05, 4.69) is 10.3 Å². The lowest BCUT2D eigenvalue weighted by Crippen LogP contribution is -2.40. The Morgan fingerprint density at radius 2 is 2.26 bits per heavy atom. The summed E-state index contributed by atoms with van der Waals surface area (Å²) in [5.41, 5.74) is 1.43. The Bertz CT molecular complexity index is 419. The van der Waals surface area contributed by atoms with E-state index in [0.717, 1.165) is 5.69 Å². The van der Waals surface area contributed by atoms with Crippen molar-refractivity contribution in [1.82, 2.24) is 9.88 Å². The number of carbonyl (C=O) groups is 1. The monoisotopic (exact) mass is 265 g/mol. The topological polar surface area (TPSA) is 63.7 Å². The van der Waals surface area contributed by atoms with Gasteiger partial charge >= 0.3 is 0 Å². The first-order valence-corrected chi connectivity index (χ1v) is 6.36. The number of amides is 1. The molecule has 6 heteroatoms. The van der Waals surface area contributed by atoms with E-state index in [1.54, 1.807) is 24.4 Å². The first-order chi connectivity index (χ1) is 9.31. The minimum Gasteiger partial charge on any atom is -0.383 e. The number of anilines is 1. The van der Waals surface area contributed by atoms with E-state index >= 15 is 0 Å². The molecule has 1 aliphatic rings. The molecule has 0 aromatic carbocycles. The third kappa shape index (κ3) is 3.90. The van der Waals surface area contributed by atoms with Gasteiger partial charge in [0.1, 0.15) is 0 Å². The average Bonchev–Trinajstić information content (AvgIpc) is 2.48. The molecule has 1 fully saturated rings. The smallest absolute Gasteiger partial charge is 0.255 e. The highest BCUT2D eigenvalue weighted by Gasteiger charge is 2.18. The van der Waals surface area contributed by atoms with Crippen molar-refractivity contribution in [3.63, 3.8) is 0 Å². The molecule has 0 aliphatic carbocycles. The molecule has 0 bridgehead atoms. The molecule has 1 aliphatic heterocycles. The molecule has 1 amide bonds. The standard InChI is InChI=1S/C13H19N3O3/c1-18-5-2-15-12-8-11(9-14-10-12)13(17)16-3-6-19-7-4-16/h8-10,15H,2-7H2,1H3. The van der Waals surface area contributed by atoms with Crippen LogP contribution in [0, 0.1) is 0 Å². The predicted molar refractivity (Wildman–Crippen MR) is 71.3 cm³/mol. The second-order valence-electron chi connectivity index (χ2n) is 4.29. The summed E-state index contributed by atoms with van der Waals surface area (Å²) in [4.78, 5) is 18.1. The van der Waals surface area contributed by atoms with Gasteiger partial charge in [-0.15, -0.1) is 0 Å². The van der Waals surface area contributed by atoms with Crippen molar-refractivity contribution < 1.29 is 14.3 Å². The lowest BCUT2D eigenvalue weighted by molar-refractivity contribution is 0.0302. The van der Waals surface area contributed by atoms with E-state index in [1.807, 2.05) is 6.07 Å². The number of methoxy groups -OCH3 is 1. The zero-order chi connectivity index (χ0) is 13.5. The summed E-state index contributed by atoms with van der Waals surface area (Å²) in [6, 6.07) is 1.82. The second kappa shape index (κ2) is 7.06. The summed E-state index contributed by atoms with van der Waals surface area (Å²) in [5, 5.41) is 3.16. The van der Waals surface area contributed by atoms with Gasteiger partial charge in [-0.3, -0.25) is 9.78 Å². The second-order valence-corrected chi connectivity index (χ2v) is 4.29. The normalized spacial score (nSPS) is 15.3. The molecule has 0 atom stereocenters. The van der Waals surface area contributed by atoms with Crippen molar-refractivity contribution in [3.05, 3.63) is 24.0 Å². The van der Waals surface area contributed by atoms with Crippen LogP contribution in [0.25, 0.3) is 0 Å². The fourth-order valence-electron chi connectivity index (χ4n) is 1.90. The molecule has 6 nitrogen and oxygen atoms in total. The van der Waals surface area contributed by atoms with E-state index in [1.165, 1.54) is 0 Å². The summed E-state index contributed by atoms with van der Waals surface area (Å²) in [7, 11) is 1.65. The van der Waals surface area contributed by atoms with Gasteiger partial charge in [0, 0.05) is 39.1 Å². The third-order valence-corrected chi connectivity index (χ3v) is 2.92. The SMILES string of the molecule is COCCNc1cncc(C(=O)N2CCOCC2)c1. The number of aromatic nitrogens is 1. The maximum atomic E-state index is 12.3. The summed E-state index contributed by atoms with van der Waals surface area (Å²) < 4.78 is 10.2. The van der Waals surface area contributed by atoms with Gasteiger partial charge in [0.2, 0.25) is 0 Å². The van der Waals surface area contributed by atoms with Crippen LogP contribution in [0.4, 0.5) is 5.69 Å². The number of hydrogen-bond acceptors (Lipinski definition) is 5. The van der Waals surface area contributed by atoms with Gasteiger partial charge in [-0.05, 0) is 6.07 Å². The fourth-order valence-corrected chi connectivity index (χ4v) is 1.90. The molecule has 0 saturated carbocycles. The summed E-state index contributed by atoms with van der Waals surface area (Å²) in [6.45, 7) is 3.78. The van der Waals surface area contributed by atoms with Gasteiger partial charge in [0.25, 0.3) is 5.91 Å². The molecule has 2 heterocycles. The van der Waals surface area contributed by atoms with Crippen LogP contribution in [0.5, 0.6) is 0 Å². The van der Waals surface area contributed by atoms with E-state index < -0.39 is 0 Å². The first-order valence-electron chi connectivity index (χ1n) is 6.36. The van der Waals surface area contributed by atoms with Crippen molar-refractivity contribution in [2.75, 3.05) is 51.9 Å². The van der Waals surface area contributed by atoms with Crippen molar-refractivity contribution in [2.45, 2.75) is 0 Å². The molecule has 2 rings (SSSR count). The maximum Gasteiger partial charge on any atom is 0.255 e.